The fraction of sp³-hybridized carbons (Fsp3) is 0.800. The molecule has 1 saturated carbocycles. The second-order valence-corrected chi connectivity index (χ2v) is 1.77. The third kappa shape index (κ3) is 0.548. The maximum absolute atomic E-state index is 4.91. The lowest BCUT2D eigenvalue weighted by atomic mass is 10.5. The molecule has 0 amide bonds. The van der Waals surface area contributed by atoms with Gasteiger partial charge in [-0.2, -0.15) is 0 Å². The Bertz CT molecular complexity index is 49.9. The summed E-state index contributed by atoms with van der Waals surface area (Å²) < 4.78 is 4.91. The molecule has 1 heteroatoms. The minimum Gasteiger partial charge on any atom is -0.381 e. The van der Waals surface area contributed by atoms with E-state index in [0.29, 0.717) is 12.0 Å². The van der Waals surface area contributed by atoms with Crippen molar-refractivity contribution in [2.24, 2.45) is 5.92 Å². The van der Waals surface area contributed by atoms with Gasteiger partial charge in [0.1, 0.15) is 0 Å². The summed E-state index contributed by atoms with van der Waals surface area (Å²) in [6, 6.07) is 0. The van der Waals surface area contributed by atoms with Gasteiger partial charge in [0, 0.05) is 7.11 Å². The fourth-order valence-electron chi connectivity index (χ4n) is 0.508. The summed E-state index contributed by atoms with van der Waals surface area (Å²) in [5, 5.41) is 0. The molecule has 0 spiro atoms. The maximum Gasteiger partial charge on any atom is 0.0604 e. The Morgan fingerprint density at radius 3 is 2.33 bits per heavy atom. The molecule has 0 saturated heterocycles. The van der Waals surface area contributed by atoms with Gasteiger partial charge in [0.25, 0.3) is 0 Å². The van der Waals surface area contributed by atoms with Crippen LogP contribution in [0.4, 0.5) is 0 Å². The highest BCUT2D eigenvalue weighted by molar-refractivity contribution is 4.88. The van der Waals surface area contributed by atoms with Crippen molar-refractivity contribution in [1.82, 2.24) is 0 Å². The van der Waals surface area contributed by atoms with Crippen LogP contribution >= 0.6 is 0 Å². The van der Waals surface area contributed by atoms with E-state index >= 15 is 0 Å². The second kappa shape index (κ2) is 1.23. The minimum absolute atomic E-state index is 0.491. The summed E-state index contributed by atoms with van der Waals surface area (Å²) in [5.74, 6) is 0.593. The third-order valence-electron chi connectivity index (χ3n) is 1.16. The van der Waals surface area contributed by atoms with Crippen LogP contribution in [-0.2, 0) is 4.74 Å². The van der Waals surface area contributed by atoms with Crippen molar-refractivity contribution in [3.8, 4) is 0 Å². The summed E-state index contributed by atoms with van der Waals surface area (Å²) in [5.41, 5.74) is 0. The van der Waals surface area contributed by atoms with E-state index in [2.05, 4.69) is 6.92 Å². The lowest BCUT2D eigenvalue weighted by molar-refractivity contribution is 0.175. The van der Waals surface area contributed by atoms with Gasteiger partial charge >= 0.3 is 0 Å². The molecule has 2 atom stereocenters. The SMILES string of the molecule is [CH2]C1CC1OC. The van der Waals surface area contributed by atoms with Crippen molar-refractivity contribution >= 4 is 0 Å². The quantitative estimate of drug-likeness (QED) is 0.458. The first-order chi connectivity index (χ1) is 2.84. The Labute approximate surface area is 38.3 Å². The number of ether oxygens (including phenoxy) is 1. The average Bonchev–Trinajstić information content (AvgIpc) is 2.19. The van der Waals surface area contributed by atoms with E-state index < -0.39 is 0 Å². The molecule has 1 aliphatic rings. The zero-order chi connectivity index (χ0) is 4.57. The summed E-state index contributed by atoms with van der Waals surface area (Å²) in [4.78, 5) is 0. The normalized spacial score (nSPS) is 43.0. The highest BCUT2D eigenvalue weighted by Crippen LogP contribution is 2.31. The van der Waals surface area contributed by atoms with Crippen LogP contribution in [0.15, 0.2) is 0 Å². The van der Waals surface area contributed by atoms with E-state index in [0.717, 1.165) is 6.42 Å². The van der Waals surface area contributed by atoms with Crippen LogP contribution in [0.25, 0.3) is 0 Å². The van der Waals surface area contributed by atoms with Gasteiger partial charge in [-0.15, -0.1) is 0 Å². The van der Waals surface area contributed by atoms with Crippen molar-refractivity contribution in [1.29, 1.82) is 0 Å². The van der Waals surface area contributed by atoms with Crippen molar-refractivity contribution in [2.75, 3.05) is 7.11 Å². The van der Waals surface area contributed by atoms with Crippen LogP contribution < -0.4 is 0 Å². The molecule has 0 aromatic rings. The molecule has 0 heterocycles. The lowest BCUT2D eigenvalue weighted by Gasteiger charge is -1.84. The summed E-state index contributed by atoms with van der Waals surface area (Å²) >= 11 is 0. The molecule has 0 aromatic carbocycles. The predicted octanol–water partition coefficient (Wildman–Crippen LogP) is 0.855. The van der Waals surface area contributed by atoms with Crippen molar-refractivity contribution in [3.05, 3.63) is 6.92 Å². The molecular weight excluding hydrogens is 76.1 g/mol. The van der Waals surface area contributed by atoms with Gasteiger partial charge in [-0.25, -0.2) is 0 Å². The Morgan fingerprint density at radius 1 is 1.83 bits per heavy atom. The first kappa shape index (κ1) is 4.13. The summed E-state index contributed by atoms with van der Waals surface area (Å²) in [7, 11) is 1.73. The Kier molecular flexibility index (Phi) is 0.845. The van der Waals surface area contributed by atoms with Crippen molar-refractivity contribution in [2.45, 2.75) is 12.5 Å². The predicted molar refractivity (Wildman–Crippen MR) is 24.3 cm³/mol. The molecule has 35 valence electrons. The smallest absolute Gasteiger partial charge is 0.0604 e. The molecule has 0 bridgehead atoms. The first-order valence-electron chi connectivity index (χ1n) is 2.20. The number of hydrogen-bond acceptors (Lipinski definition) is 1. The molecule has 1 nitrogen and oxygen atoms in total. The molecule has 2 unspecified atom stereocenters. The van der Waals surface area contributed by atoms with Crippen molar-refractivity contribution < 1.29 is 4.74 Å². The van der Waals surface area contributed by atoms with E-state index in [9.17, 15) is 0 Å². The maximum atomic E-state index is 4.91. The second-order valence-electron chi connectivity index (χ2n) is 1.77. The van der Waals surface area contributed by atoms with Gasteiger partial charge in [-0.3, -0.25) is 0 Å². The fourth-order valence-corrected chi connectivity index (χ4v) is 0.508. The highest BCUT2D eigenvalue weighted by Gasteiger charge is 2.32. The summed E-state index contributed by atoms with van der Waals surface area (Å²) in [6.07, 6.45) is 1.65. The Balaban J connectivity index is 2.09. The topological polar surface area (TPSA) is 9.23 Å². The van der Waals surface area contributed by atoms with E-state index in [4.69, 9.17) is 4.74 Å². The highest BCUT2D eigenvalue weighted by atomic mass is 16.5. The zero-order valence-corrected chi connectivity index (χ0v) is 3.98. The molecule has 6 heavy (non-hydrogen) atoms. The zero-order valence-electron chi connectivity index (χ0n) is 3.98. The molecule has 1 aliphatic carbocycles. The van der Waals surface area contributed by atoms with E-state index in [1.807, 2.05) is 0 Å². The van der Waals surface area contributed by atoms with Crippen LogP contribution in [0.1, 0.15) is 6.42 Å². The average molecular weight is 85.1 g/mol. The van der Waals surface area contributed by atoms with Crippen LogP contribution in [-0.4, -0.2) is 13.2 Å². The van der Waals surface area contributed by atoms with E-state index in [-0.39, 0.29) is 0 Å². The van der Waals surface area contributed by atoms with Gasteiger partial charge in [0.05, 0.1) is 6.10 Å². The Hall–Kier alpha value is -0.0400. The molecule has 0 aliphatic heterocycles. The van der Waals surface area contributed by atoms with Gasteiger partial charge in [-0.1, -0.05) is 0 Å². The molecule has 0 aromatic heterocycles. The Morgan fingerprint density at radius 2 is 2.33 bits per heavy atom. The first-order valence-corrected chi connectivity index (χ1v) is 2.20. The standard InChI is InChI=1S/C5H9O/c1-4-3-5(4)6-2/h4-5H,1,3H2,2H3. The van der Waals surface area contributed by atoms with Crippen LogP contribution in [0.3, 0.4) is 0 Å². The number of rotatable bonds is 1. The van der Waals surface area contributed by atoms with Gasteiger partial charge < -0.3 is 4.74 Å². The van der Waals surface area contributed by atoms with Gasteiger partial charge in [0.15, 0.2) is 0 Å². The van der Waals surface area contributed by atoms with Crippen molar-refractivity contribution in [3.63, 3.8) is 0 Å². The van der Waals surface area contributed by atoms with Crippen LogP contribution in [0.5, 0.6) is 0 Å². The molecule has 0 N–H and O–H groups in total. The monoisotopic (exact) mass is 85.1 g/mol. The van der Waals surface area contributed by atoms with Gasteiger partial charge in [-0.05, 0) is 19.3 Å². The molecular formula is C5H9O. The van der Waals surface area contributed by atoms with E-state index in [1.54, 1.807) is 7.11 Å². The largest absolute Gasteiger partial charge is 0.381 e. The molecule has 1 fully saturated rings. The lowest BCUT2D eigenvalue weighted by Crippen LogP contribution is -1.85. The van der Waals surface area contributed by atoms with Crippen LogP contribution in [0.2, 0.25) is 0 Å². The van der Waals surface area contributed by atoms with Gasteiger partial charge in [0.2, 0.25) is 0 Å². The molecule has 1 radical (unpaired) electrons. The van der Waals surface area contributed by atoms with E-state index in [1.165, 1.54) is 0 Å². The number of hydrogen-bond donors (Lipinski definition) is 0. The third-order valence-corrected chi connectivity index (χ3v) is 1.16. The molecule has 1 rings (SSSR count). The van der Waals surface area contributed by atoms with Crippen LogP contribution in [0, 0.1) is 12.8 Å². The minimum atomic E-state index is 0.491. The summed E-state index contributed by atoms with van der Waals surface area (Å²) in [6.45, 7) is 3.78. The number of methoxy groups -OCH3 is 1.